The number of fused-ring (bicyclic) bond motifs is 1. The summed E-state index contributed by atoms with van der Waals surface area (Å²) in [6, 6.07) is 13.3. The zero-order chi connectivity index (χ0) is 26.4. The van der Waals surface area contributed by atoms with Crippen LogP contribution in [0.4, 0.5) is 11.5 Å². The molecule has 8 nitrogen and oxygen atoms in total. The number of anilines is 2. The van der Waals surface area contributed by atoms with Gasteiger partial charge in [0.15, 0.2) is 0 Å². The average molecular weight is 505 g/mol. The number of methoxy groups -OCH3 is 2. The minimum Gasteiger partial charge on any atom is -0.497 e. The van der Waals surface area contributed by atoms with Crippen molar-refractivity contribution in [3.8, 4) is 11.5 Å². The molecule has 2 heterocycles. The summed E-state index contributed by atoms with van der Waals surface area (Å²) in [6.45, 7) is 6.76. The van der Waals surface area contributed by atoms with Crippen LogP contribution in [0.25, 0.3) is 10.9 Å². The Labute approximate surface area is 218 Å². The van der Waals surface area contributed by atoms with E-state index in [-0.39, 0.29) is 24.7 Å². The molecule has 2 aromatic carbocycles. The number of nitrogens with one attached hydrogen (secondary N) is 2. The van der Waals surface area contributed by atoms with Crippen LogP contribution in [0.1, 0.15) is 43.7 Å². The second kappa shape index (κ2) is 12.0. The lowest BCUT2D eigenvalue weighted by atomic mass is 9.99. The normalized spacial score (nSPS) is 13.9. The van der Waals surface area contributed by atoms with Gasteiger partial charge in [-0.15, -0.1) is 0 Å². The Morgan fingerprint density at radius 1 is 1.00 bits per heavy atom. The topological polar surface area (TPSA) is 92.8 Å². The fraction of sp³-hybridized carbons (Fsp3) is 0.414. The van der Waals surface area contributed by atoms with Crippen molar-refractivity contribution in [1.29, 1.82) is 0 Å². The van der Waals surface area contributed by atoms with Crippen molar-refractivity contribution >= 4 is 34.2 Å². The maximum atomic E-state index is 12.5. The third-order valence-corrected chi connectivity index (χ3v) is 6.94. The lowest BCUT2D eigenvalue weighted by Gasteiger charge is -2.31. The number of pyridine rings is 1. The monoisotopic (exact) mass is 504 g/mol. The highest BCUT2D eigenvalue weighted by Gasteiger charge is 2.18. The number of carbonyl (C=O) groups is 2. The van der Waals surface area contributed by atoms with Gasteiger partial charge in [-0.05, 0) is 67.6 Å². The Kier molecular flexibility index (Phi) is 8.48. The summed E-state index contributed by atoms with van der Waals surface area (Å²) in [7, 11) is 3.16. The van der Waals surface area contributed by atoms with E-state index in [0.29, 0.717) is 23.7 Å². The Morgan fingerprint density at radius 2 is 1.76 bits per heavy atom. The van der Waals surface area contributed by atoms with Gasteiger partial charge in [-0.2, -0.15) is 0 Å². The molecule has 4 rings (SSSR count). The Bertz CT molecular complexity index is 1270. The second-order valence-electron chi connectivity index (χ2n) is 9.70. The first-order valence-electron chi connectivity index (χ1n) is 12.8. The zero-order valence-corrected chi connectivity index (χ0v) is 22.1. The molecule has 1 aliphatic heterocycles. The van der Waals surface area contributed by atoms with Crippen LogP contribution >= 0.6 is 0 Å². The molecule has 0 aliphatic carbocycles. The lowest BCUT2D eigenvalue weighted by Crippen LogP contribution is -2.33. The number of nitrogens with zero attached hydrogens (tertiary/aromatic N) is 2. The van der Waals surface area contributed by atoms with Crippen LogP contribution in [0.3, 0.4) is 0 Å². The summed E-state index contributed by atoms with van der Waals surface area (Å²) in [6.07, 6.45) is 2.57. The maximum absolute atomic E-state index is 12.5. The van der Waals surface area contributed by atoms with E-state index in [2.05, 4.69) is 35.4 Å². The van der Waals surface area contributed by atoms with Crippen molar-refractivity contribution in [3.05, 3.63) is 53.6 Å². The van der Waals surface area contributed by atoms with Gasteiger partial charge < -0.3 is 25.0 Å². The molecule has 0 spiro atoms. The van der Waals surface area contributed by atoms with E-state index in [1.165, 1.54) is 12.8 Å². The number of aryl methyl sites for hydroxylation is 1. The van der Waals surface area contributed by atoms with Crippen LogP contribution in [0, 0.1) is 12.8 Å². The van der Waals surface area contributed by atoms with Gasteiger partial charge in [0.25, 0.3) is 0 Å². The first-order chi connectivity index (χ1) is 17.9. The average Bonchev–Trinajstić information content (AvgIpc) is 2.91. The van der Waals surface area contributed by atoms with Gasteiger partial charge in [0, 0.05) is 55.2 Å². The molecule has 1 fully saturated rings. The van der Waals surface area contributed by atoms with Crippen molar-refractivity contribution in [2.45, 2.75) is 46.1 Å². The van der Waals surface area contributed by atoms with Crippen molar-refractivity contribution in [3.63, 3.8) is 0 Å². The van der Waals surface area contributed by atoms with Crippen LogP contribution in [-0.4, -0.2) is 44.1 Å². The molecular formula is C29H36N4O4. The first-order valence-corrected chi connectivity index (χ1v) is 12.8. The second-order valence-corrected chi connectivity index (χ2v) is 9.70. The fourth-order valence-corrected chi connectivity index (χ4v) is 4.58. The molecule has 1 saturated heterocycles. The van der Waals surface area contributed by atoms with Crippen molar-refractivity contribution in [2.24, 2.45) is 5.92 Å². The third kappa shape index (κ3) is 6.70. The number of rotatable bonds is 9. The summed E-state index contributed by atoms with van der Waals surface area (Å²) in [5, 5.41) is 6.77. The van der Waals surface area contributed by atoms with Crippen LogP contribution in [0.15, 0.2) is 42.5 Å². The summed E-state index contributed by atoms with van der Waals surface area (Å²) in [4.78, 5) is 32.1. The van der Waals surface area contributed by atoms with E-state index in [4.69, 9.17) is 14.5 Å². The lowest BCUT2D eigenvalue weighted by molar-refractivity contribution is -0.124. The van der Waals surface area contributed by atoms with Crippen LogP contribution in [0.2, 0.25) is 0 Å². The number of carbonyl (C=O) groups excluding carboxylic acids is 2. The quantitative estimate of drug-likeness (QED) is 0.434. The van der Waals surface area contributed by atoms with Gasteiger partial charge in [0.05, 0.1) is 19.7 Å². The zero-order valence-electron chi connectivity index (χ0n) is 22.1. The number of hydrogen-bond donors (Lipinski definition) is 2. The summed E-state index contributed by atoms with van der Waals surface area (Å²) in [5.74, 6) is 2.70. The number of aromatic nitrogens is 1. The predicted molar refractivity (Wildman–Crippen MR) is 146 cm³/mol. The number of ether oxygens (including phenoxy) is 2. The summed E-state index contributed by atoms with van der Waals surface area (Å²) in [5.41, 5.74) is 3.58. The van der Waals surface area contributed by atoms with E-state index in [0.717, 1.165) is 46.9 Å². The van der Waals surface area contributed by atoms with Gasteiger partial charge in [0.1, 0.15) is 17.3 Å². The SMILES string of the molecule is COc1ccc(CNC(=O)CCC(=O)Nc2ccc3nc(N4CCC(C)CC4)cc(C)c3c2)c(OC)c1. The molecule has 0 unspecified atom stereocenters. The molecular weight excluding hydrogens is 468 g/mol. The highest BCUT2D eigenvalue weighted by molar-refractivity contribution is 5.96. The van der Waals surface area contributed by atoms with Crippen molar-refractivity contribution in [1.82, 2.24) is 10.3 Å². The van der Waals surface area contributed by atoms with E-state index < -0.39 is 0 Å². The molecule has 2 amide bonds. The Hall–Kier alpha value is -3.81. The van der Waals surface area contributed by atoms with Crippen LogP contribution in [0.5, 0.6) is 11.5 Å². The van der Waals surface area contributed by atoms with Gasteiger partial charge in [0.2, 0.25) is 11.8 Å². The number of hydrogen-bond acceptors (Lipinski definition) is 6. The largest absolute Gasteiger partial charge is 0.497 e. The molecule has 37 heavy (non-hydrogen) atoms. The van der Waals surface area contributed by atoms with Crippen molar-refractivity contribution < 1.29 is 19.1 Å². The van der Waals surface area contributed by atoms with Crippen LogP contribution in [-0.2, 0) is 16.1 Å². The van der Waals surface area contributed by atoms with E-state index in [9.17, 15) is 9.59 Å². The maximum Gasteiger partial charge on any atom is 0.224 e. The van der Waals surface area contributed by atoms with Gasteiger partial charge in [-0.25, -0.2) is 4.98 Å². The Morgan fingerprint density at radius 3 is 2.49 bits per heavy atom. The molecule has 0 bridgehead atoms. The Balaban J connectivity index is 1.30. The molecule has 196 valence electrons. The van der Waals surface area contributed by atoms with Crippen molar-refractivity contribution in [2.75, 3.05) is 37.5 Å². The minimum absolute atomic E-state index is 0.0904. The van der Waals surface area contributed by atoms with Gasteiger partial charge in [-0.1, -0.05) is 6.92 Å². The van der Waals surface area contributed by atoms with Gasteiger partial charge in [-0.3, -0.25) is 9.59 Å². The van der Waals surface area contributed by atoms with Gasteiger partial charge >= 0.3 is 0 Å². The minimum atomic E-state index is -0.207. The predicted octanol–water partition coefficient (Wildman–Crippen LogP) is 4.83. The number of benzene rings is 2. The van der Waals surface area contributed by atoms with E-state index in [1.807, 2.05) is 30.3 Å². The summed E-state index contributed by atoms with van der Waals surface area (Å²) >= 11 is 0. The highest BCUT2D eigenvalue weighted by atomic mass is 16.5. The standard InChI is InChI=1S/C29H36N4O4/c1-19-11-13-33(14-12-19)27-15-20(2)24-16-22(6-8-25(24)32-27)31-29(35)10-9-28(34)30-18-21-5-7-23(36-3)17-26(21)37-4/h5-8,15-17,19H,9-14,18H2,1-4H3,(H,30,34)(H,31,35). The number of amides is 2. The number of piperidine rings is 1. The molecule has 8 heteroatoms. The fourth-order valence-electron chi connectivity index (χ4n) is 4.58. The molecule has 2 N–H and O–H groups in total. The molecule has 0 radical (unpaired) electrons. The van der Waals surface area contributed by atoms with Crippen LogP contribution < -0.4 is 25.0 Å². The van der Waals surface area contributed by atoms with E-state index in [1.54, 1.807) is 20.3 Å². The third-order valence-electron chi connectivity index (χ3n) is 6.94. The molecule has 0 saturated carbocycles. The molecule has 1 aliphatic rings. The smallest absolute Gasteiger partial charge is 0.224 e. The molecule has 0 atom stereocenters. The molecule has 3 aromatic rings. The summed E-state index contributed by atoms with van der Waals surface area (Å²) < 4.78 is 10.6. The highest BCUT2D eigenvalue weighted by Crippen LogP contribution is 2.28. The molecule has 1 aromatic heterocycles. The first kappa shape index (κ1) is 26.3. The van der Waals surface area contributed by atoms with E-state index >= 15 is 0 Å².